The molecule has 37 heavy (non-hydrogen) atoms. The molecule has 0 aliphatic carbocycles. The monoisotopic (exact) mass is 510 g/mol. The number of benzene rings is 3. The molecule has 5 rings (SSSR count). The largest absolute Gasteiger partial charge is 0.493 e. The number of nitriles is 1. The van der Waals surface area contributed by atoms with Crippen molar-refractivity contribution in [2.24, 2.45) is 0 Å². The van der Waals surface area contributed by atoms with E-state index in [2.05, 4.69) is 11.1 Å². The lowest BCUT2D eigenvalue weighted by Gasteiger charge is -2.16. The molecule has 4 N–H and O–H groups in total. The molecule has 0 aliphatic rings. The number of hydrogen-bond acceptors (Lipinski definition) is 9. The van der Waals surface area contributed by atoms with E-state index in [0.717, 1.165) is 22.1 Å². The van der Waals surface area contributed by atoms with E-state index in [0.29, 0.717) is 49.0 Å². The lowest BCUT2D eigenvalue weighted by Crippen LogP contribution is -2.03. The second-order valence-corrected chi connectivity index (χ2v) is 9.19. The number of carbonyl (C=O) groups is 1. The highest BCUT2D eigenvalue weighted by Crippen LogP contribution is 2.47. The first kappa shape index (κ1) is 23.9. The molecule has 9 heteroatoms. The molecule has 0 bridgehead atoms. The summed E-state index contributed by atoms with van der Waals surface area (Å²) in [6.07, 6.45) is 0. The summed E-state index contributed by atoms with van der Waals surface area (Å²) in [6, 6.07) is 18.9. The van der Waals surface area contributed by atoms with Crippen LogP contribution in [0.2, 0.25) is 0 Å². The summed E-state index contributed by atoms with van der Waals surface area (Å²) in [5.74, 6) is 0.982. The number of ether oxygens (including phenoxy) is 3. The van der Waals surface area contributed by atoms with Gasteiger partial charge < -0.3 is 25.7 Å². The fourth-order valence-electron chi connectivity index (χ4n) is 4.43. The smallest absolute Gasteiger partial charge is 0.205 e. The Balaban J connectivity index is 1.77. The number of nitrogen functional groups attached to an aromatic ring is 2. The SMILES string of the molecule is COc1cc(-c2c(C#N)c(N)nc3sc(C(=O)c4ccc5ccccc5c4)c(N)c23)cc(OC)c1OC. The number of nitrogens with two attached hydrogens (primary N) is 2. The zero-order chi connectivity index (χ0) is 26.3. The molecule has 0 unspecified atom stereocenters. The molecule has 5 aromatic rings. The van der Waals surface area contributed by atoms with Crippen LogP contribution in [0.25, 0.3) is 32.1 Å². The number of aromatic nitrogens is 1. The van der Waals surface area contributed by atoms with Crippen molar-refractivity contribution in [3.8, 4) is 34.4 Å². The van der Waals surface area contributed by atoms with E-state index in [1.807, 2.05) is 36.4 Å². The molecular formula is C28H22N4O4S. The lowest BCUT2D eigenvalue weighted by molar-refractivity contribution is 0.104. The van der Waals surface area contributed by atoms with Crippen molar-refractivity contribution < 1.29 is 19.0 Å². The van der Waals surface area contributed by atoms with Crippen LogP contribution in [0.15, 0.2) is 54.6 Å². The number of rotatable bonds is 6. The summed E-state index contributed by atoms with van der Waals surface area (Å²) in [5, 5.41) is 12.4. The van der Waals surface area contributed by atoms with Gasteiger partial charge in [0.1, 0.15) is 27.2 Å². The highest BCUT2D eigenvalue weighted by molar-refractivity contribution is 7.21. The Morgan fingerprint density at radius 1 is 0.946 bits per heavy atom. The molecule has 0 spiro atoms. The first-order valence-electron chi connectivity index (χ1n) is 11.2. The minimum Gasteiger partial charge on any atom is -0.493 e. The fraction of sp³-hybridized carbons (Fsp3) is 0.107. The number of hydrogen-bond donors (Lipinski definition) is 2. The van der Waals surface area contributed by atoms with Gasteiger partial charge in [-0.15, -0.1) is 11.3 Å². The summed E-state index contributed by atoms with van der Waals surface area (Å²) >= 11 is 1.14. The summed E-state index contributed by atoms with van der Waals surface area (Å²) < 4.78 is 16.4. The number of carbonyl (C=O) groups excluding carboxylic acids is 1. The summed E-state index contributed by atoms with van der Waals surface area (Å²) in [4.78, 5) is 18.8. The topological polar surface area (TPSA) is 133 Å². The van der Waals surface area contributed by atoms with Crippen molar-refractivity contribution in [3.63, 3.8) is 0 Å². The van der Waals surface area contributed by atoms with Crippen molar-refractivity contribution in [1.82, 2.24) is 4.98 Å². The van der Waals surface area contributed by atoms with Crippen LogP contribution in [0.3, 0.4) is 0 Å². The zero-order valence-corrected chi connectivity index (χ0v) is 21.1. The standard InChI is InChI=1S/C28H22N4O4S/c1-34-19-11-17(12-20(35-2)25(19)36-3)21-18(13-29)27(31)32-28-22(21)23(30)26(37-28)24(33)16-9-8-14-6-4-5-7-15(14)10-16/h4-12H,30H2,1-3H3,(H2,31,32). The fourth-order valence-corrected chi connectivity index (χ4v) is 5.50. The Bertz CT molecular complexity index is 1730. The van der Waals surface area contributed by atoms with Crippen molar-refractivity contribution in [2.75, 3.05) is 32.8 Å². The maximum absolute atomic E-state index is 13.6. The normalized spacial score (nSPS) is 10.9. The minimum absolute atomic E-state index is 0.0321. The Labute approximate surface area is 216 Å². The van der Waals surface area contributed by atoms with Crippen molar-refractivity contribution >= 4 is 49.6 Å². The van der Waals surface area contributed by atoms with Crippen LogP contribution in [0.5, 0.6) is 17.2 Å². The predicted octanol–water partition coefficient (Wildman–Crippen LogP) is 5.41. The van der Waals surface area contributed by atoms with Crippen LogP contribution in [-0.2, 0) is 0 Å². The molecule has 184 valence electrons. The summed E-state index contributed by atoms with van der Waals surface area (Å²) in [7, 11) is 4.51. The van der Waals surface area contributed by atoms with Crippen molar-refractivity contribution in [1.29, 1.82) is 5.26 Å². The molecule has 0 saturated carbocycles. The average Bonchev–Trinajstić information content (AvgIpc) is 3.25. The van der Waals surface area contributed by atoms with E-state index >= 15 is 0 Å². The number of thiophene rings is 1. The van der Waals surface area contributed by atoms with Gasteiger partial charge in [0.2, 0.25) is 11.5 Å². The van der Waals surface area contributed by atoms with Gasteiger partial charge in [-0.2, -0.15) is 5.26 Å². The molecule has 8 nitrogen and oxygen atoms in total. The van der Waals surface area contributed by atoms with Gasteiger partial charge in [0.25, 0.3) is 0 Å². The molecule has 0 atom stereocenters. The third-order valence-corrected chi connectivity index (χ3v) is 7.29. The van der Waals surface area contributed by atoms with Crippen LogP contribution < -0.4 is 25.7 Å². The Morgan fingerprint density at radius 3 is 2.24 bits per heavy atom. The molecule has 0 aliphatic heterocycles. The van der Waals surface area contributed by atoms with Crippen molar-refractivity contribution in [2.45, 2.75) is 0 Å². The third kappa shape index (κ3) is 3.84. The minimum atomic E-state index is -0.237. The maximum atomic E-state index is 13.6. The molecular weight excluding hydrogens is 488 g/mol. The van der Waals surface area contributed by atoms with Gasteiger partial charge in [-0.05, 0) is 34.5 Å². The Morgan fingerprint density at radius 2 is 1.62 bits per heavy atom. The highest BCUT2D eigenvalue weighted by atomic mass is 32.1. The number of pyridine rings is 1. The highest BCUT2D eigenvalue weighted by Gasteiger charge is 2.26. The summed E-state index contributed by atoms with van der Waals surface area (Å²) in [6.45, 7) is 0. The molecule has 0 fully saturated rings. The van der Waals surface area contributed by atoms with E-state index in [1.54, 1.807) is 18.2 Å². The van der Waals surface area contributed by atoms with E-state index in [-0.39, 0.29) is 22.9 Å². The van der Waals surface area contributed by atoms with Gasteiger partial charge in [0, 0.05) is 16.5 Å². The van der Waals surface area contributed by atoms with E-state index < -0.39 is 0 Å². The molecule has 3 aromatic carbocycles. The van der Waals surface area contributed by atoms with Crippen molar-refractivity contribution in [3.05, 3.63) is 70.6 Å². The van der Waals surface area contributed by atoms with Gasteiger partial charge >= 0.3 is 0 Å². The number of nitrogens with zero attached hydrogens (tertiary/aromatic N) is 2. The third-order valence-electron chi connectivity index (χ3n) is 6.19. The van der Waals surface area contributed by atoms with Crippen LogP contribution in [-0.4, -0.2) is 32.1 Å². The van der Waals surface area contributed by atoms with Gasteiger partial charge in [-0.25, -0.2) is 4.98 Å². The van der Waals surface area contributed by atoms with E-state index in [9.17, 15) is 10.1 Å². The predicted molar refractivity (Wildman–Crippen MR) is 146 cm³/mol. The van der Waals surface area contributed by atoms with Gasteiger partial charge in [0.15, 0.2) is 11.5 Å². The Hall–Kier alpha value is -4.81. The van der Waals surface area contributed by atoms with E-state index in [4.69, 9.17) is 25.7 Å². The van der Waals surface area contributed by atoms with E-state index in [1.165, 1.54) is 21.3 Å². The van der Waals surface area contributed by atoms with Crippen LogP contribution in [0, 0.1) is 11.3 Å². The number of methoxy groups -OCH3 is 3. The quantitative estimate of drug-likeness (QED) is 0.290. The van der Waals surface area contributed by atoms with Gasteiger partial charge in [-0.3, -0.25) is 4.79 Å². The molecule has 0 amide bonds. The second-order valence-electron chi connectivity index (χ2n) is 8.19. The average molecular weight is 511 g/mol. The number of fused-ring (bicyclic) bond motifs is 2. The maximum Gasteiger partial charge on any atom is 0.205 e. The van der Waals surface area contributed by atoms with Crippen LogP contribution in [0.1, 0.15) is 20.8 Å². The van der Waals surface area contributed by atoms with Gasteiger partial charge in [0.05, 0.1) is 27.0 Å². The molecule has 2 heterocycles. The second kappa shape index (κ2) is 9.33. The van der Waals surface area contributed by atoms with Crippen LogP contribution >= 0.6 is 11.3 Å². The first-order chi connectivity index (χ1) is 17.9. The first-order valence-corrected chi connectivity index (χ1v) is 12.0. The number of ketones is 1. The zero-order valence-electron chi connectivity index (χ0n) is 20.3. The molecule has 2 aromatic heterocycles. The molecule has 0 radical (unpaired) electrons. The number of anilines is 2. The molecule has 0 saturated heterocycles. The van der Waals surface area contributed by atoms with Gasteiger partial charge in [-0.1, -0.05) is 36.4 Å². The summed E-state index contributed by atoms with van der Waals surface area (Å²) in [5.41, 5.74) is 14.7. The Kier molecular flexibility index (Phi) is 6.03. The van der Waals surface area contributed by atoms with Crippen LogP contribution in [0.4, 0.5) is 11.5 Å². The lowest BCUT2D eigenvalue weighted by atomic mass is 9.95.